The van der Waals surface area contributed by atoms with Crippen molar-refractivity contribution in [2.45, 2.75) is 25.9 Å². The molecule has 0 radical (unpaired) electrons. The van der Waals surface area contributed by atoms with Crippen molar-refractivity contribution < 1.29 is 9.53 Å². The lowest BCUT2D eigenvalue weighted by molar-refractivity contribution is -0.113. The van der Waals surface area contributed by atoms with Crippen LogP contribution >= 0.6 is 39.3 Å². The fraction of sp³-hybridized carbons (Fsp3) is 0.286. The Balaban J connectivity index is 1.70. The molecular formula is C21H21BrClN3O2S. The number of ether oxygens (including phenoxy) is 1. The van der Waals surface area contributed by atoms with Gasteiger partial charge >= 0.3 is 0 Å². The van der Waals surface area contributed by atoms with E-state index in [0.29, 0.717) is 16.5 Å². The minimum absolute atomic E-state index is 0.140. The molecule has 1 N–H and O–H groups in total. The number of anilines is 1. The molecule has 152 valence electrons. The molecule has 1 aliphatic heterocycles. The molecule has 0 saturated carbocycles. The lowest BCUT2D eigenvalue weighted by atomic mass is 10.1. The van der Waals surface area contributed by atoms with Gasteiger partial charge in [0.15, 0.2) is 0 Å². The van der Waals surface area contributed by atoms with Crippen molar-refractivity contribution in [1.82, 2.24) is 0 Å². The van der Waals surface area contributed by atoms with E-state index >= 15 is 0 Å². The molecule has 1 atom stereocenters. The lowest BCUT2D eigenvalue weighted by Crippen LogP contribution is -2.17. The van der Waals surface area contributed by atoms with Crippen molar-refractivity contribution in [2.75, 3.05) is 18.2 Å². The van der Waals surface area contributed by atoms with Gasteiger partial charge in [-0.15, -0.1) is 0 Å². The zero-order valence-corrected chi connectivity index (χ0v) is 19.5. The van der Waals surface area contributed by atoms with Gasteiger partial charge in [0.05, 0.1) is 23.6 Å². The average Bonchev–Trinajstić information content (AvgIpc) is 3.05. The predicted octanol–water partition coefficient (Wildman–Crippen LogP) is 5.81. The molecule has 3 rings (SSSR count). The molecule has 0 unspecified atom stereocenters. The van der Waals surface area contributed by atoms with Gasteiger partial charge in [-0.3, -0.25) is 9.79 Å². The number of carbonyl (C=O) groups excluding carboxylic acids is 1. The molecule has 0 spiro atoms. The van der Waals surface area contributed by atoms with Crippen LogP contribution in [0.3, 0.4) is 0 Å². The van der Waals surface area contributed by atoms with Crippen LogP contribution in [0.4, 0.5) is 5.69 Å². The molecule has 0 bridgehead atoms. The Morgan fingerprint density at radius 1 is 1.24 bits per heavy atom. The first-order valence-corrected chi connectivity index (χ1v) is 11.2. The summed E-state index contributed by atoms with van der Waals surface area (Å²) >= 11 is 11.0. The van der Waals surface area contributed by atoms with E-state index in [1.165, 1.54) is 11.8 Å². The fourth-order valence-corrected chi connectivity index (χ4v) is 4.14. The Morgan fingerprint density at radius 3 is 2.59 bits per heavy atom. The lowest BCUT2D eigenvalue weighted by Gasteiger charge is -2.13. The van der Waals surface area contributed by atoms with Gasteiger partial charge in [0.2, 0.25) is 5.91 Å². The highest BCUT2D eigenvalue weighted by Crippen LogP contribution is 2.30. The van der Waals surface area contributed by atoms with Crippen molar-refractivity contribution in [1.29, 1.82) is 0 Å². The molecule has 29 heavy (non-hydrogen) atoms. The van der Waals surface area contributed by atoms with Crippen molar-refractivity contribution in [3.05, 3.63) is 57.5 Å². The van der Waals surface area contributed by atoms with Crippen LogP contribution in [0.15, 0.2) is 56.9 Å². The minimum atomic E-state index is -0.495. The number of thioether (sulfide) groups is 1. The zero-order valence-electron chi connectivity index (χ0n) is 16.3. The maximum absolute atomic E-state index is 12.4. The number of nitrogens with zero attached hydrogens (tertiary/aromatic N) is 2. The Bertz CT molecular complexity index is 978. The van der Waals surface area contributed by atoms with Gasteiger partial charge in [-0.25, -0.2) is 4.99 Å². The number of halogens is 2. The van der Waals surface area contributed by atoms with Crippen LogP contribution in [0.2, 0.25) is 5.02 Å². The van der Waals surface area contributed by atoms with Gasteiger partial charge in [-0.1, -0.05) is 58.3 Å². The molecule has 0 fully saturated rings. The fourth-order valence-electron chi connectivity index (χ4n) is 2.72. The summed E-state index contributed by atoms with van der Waals surface area (Å²) in [4.78, 5) is 22.1. The van der Waals surface area contributed by atoms with Gasteiger partial charge < -0.3 is 10.1 Å². The summed E-state index contributed by atoms with van der Waals surface area (Å²) < 4.78 is 6.13. The number of carbonyl (C=O) groups is 1. The largest absolute Gasteiger partial charge is 0.495 e. The predicted molar refractivity (Wildman–Crippen MR) is 126 cm³/mol. The maximum atomic E-state index is 12.4. The molecule has 1 amide bonds. The van der Waals surface area contributed by atoms with E-state index in [-0.39, 0.29) is 11.7 Å². The highest BCUT2D eigenvalue weighted by atomic mass is 79.9. The number of aliphatic imine (C=N–C) groups is 2. The molecule has 0 aromatic heterocycles. The highest BCUT2D eigenvalue weighted by Gasteiger charge is 2.31. The number of amides is 1. The SMILES string of the molecule is CC[C@]1(C)N=C(SCC(=O)Nc2ccc(OC)c(Cl)c2)C(c2ccc(Br)cc2)=N1. The number of hydrogen-bond donors (Lipinski definition) is 1. The number of benzene rings is 2. The highest BCUT2D eigenvalue weighted by molar-refractivity contribution is 9.10. The quantitative estimate of drug-likeness (QED) is 0.551. The van der Waals surface area contributed by atoms with Crippen molar-refractivity contribution in [2.24, 2.45) is 9.98 Å². The summed E-state index contributed by atoms with van der Waals surface area (Å²) in [7, 11) is 1.55. The summed E-state index contributed by atoms with van der Waals surface area (Å²) in [6.45, 7) is 4.05. The van der Waals surface area contributed by atoms with E-state index < -0.39 is 5.66 Å². The van der Waals surface area contributed by atoms with Crippen LogP contribution in [-0.4, -0.2) is 35.2 Å². The standard InChI is InChI=1S/C21H21BrClN3O2S/c1-4-21(2)25-19(13-5-7-14(22)8-6-13)20(26-21)29-12-18(27)24-15-9-10-17(28-3)16(23)11-15/h5-11H,4,12H2,1-3H3,(H,24,27)/t21-/m0/s1. The van der Waals surface area contributed by atoms with Crippen LogP contribution in [0.25, 0.3) is 0 Å². The van der Waals surface area contributed by atoms with Crippen molar-refractivity contribution in [3.63, 3.8) is 0 Å². The van der Waals surface area contributed by atoms with E-state index in [0.717, 1.165) is 27.2 Å². The van der Waals surface area contributed by atoms with Gasteiger partial charge in [0.1, 0.15) is 16.5 Å². The first-order valence-electron chi connectivity index (χ1n) is 9.06. The van der Waals surface area contributed by atoms with Crippen LogP contribution < -0.4 is 10.1 Å². The van der Waals surface area contributed by atoms with Gasteiger partial charge in [-0.2, -0.15) is 0 Å². The van der Waals surface area contributed by atoms with Crippen LogP contribution in [0, 0.1) is 0 Å². The van der Waals surface area contributed by atoms with E-state index in [4.69, 9.17) is 26.3 Å². The Morgan fingerprint density at radius 2 is 1.97 bits per heavy atom. The van der Waals surface area contributed by atoms with Crippen LogP contribution in [-0.2, 0) is 4.79 Å². The first-order chi connectivity index (χ1) is 13.8. The number of rotatable bonds is 6. The van der Waals surface area contributed by atoms with Crippen LogP contribution in [0.5, 0.6) is 5.75 Å². The molecule has 0 aliphatic carbocycles. The smallest absolute Gasteiger partial charge is 0.234 e. The second-order valence-corrected chi connectivity index (χ2v) is 8.93. The second-order valence-electron chi connectivity index (χ2n) is 6.64. The molecule has 1 aliphatic rings. The molecular weight excluding hydrogens is 474 g/mol. The molecule has 2 aromatic rings. The summed E-state index contributed by atoms with van der Waals surface area (Å²) in [6, 6.07) is 13.1. The third-order valence-corrected chi connectivity index (χ3v) is 6.25. The molecule has 2 aromatic carbocycles. The summed E-state index contributed by atoms with van der Waals surface area (Å²) in [5, 5.41) is 4.08. The zero-order chi connectivity index (χ0) is 21.0. The van der Waals surface area contributed by atoms with E-state index in [1.807, 2.05) is 31.2 Å². The van der Waals surface area contributed by atoms with E-state index in [2.05, 4.69) is 28.2 Å². The monoisotopic (exact) mass is 493 g/mol. The number of hydrogen-bond acceptors (Lipinski definition) is 5. The summed E-state index contributed by atoms with van der Waals surface area (Å²) in [6.07, 6.45) is 0.785. The minimum Gasteiger partial charge on any atom is -0.495 e. The van der Waals surface area contributed by atoms with E-state index in [9.17, 15) is 4.79 Å². The normalized spacial score (nSPS) is 18.2. The third kappa shape index (κ3) is 5.41. The molecule has 1 heterocycles. The topological polar surface area (TPSA) is 63.0 Å². The summed E-state index contributed by atoms with van der Waals surface area (Å²) in [5.41, 5.74) is 1.94. The Labute approximate surface area is 188 Å². The van der Waals surface area contributed by atoms with Gasteiger partial charge in [0.25, 0.3) is 0 Å². The summed E-state index contributed by atoms with van der Waals surface area (Å²) in [5.74, 6) is 0.644. The Kier molecular flexibility index (Phi) is 7.03. The number of nitrogens with one attached hydrogen (secondary N) is 1. The van der Waals surface area contributed by atoms with Gasteiger partial charge in [-0.05, 0) is 43.7 Å². The average molecular weight is 495 g/mol. The molecule has 8 heteroatoms. The molecule has 0 saturated heterocycles. The van der Waals surface area contributed by atoms with Gasteiger partial charge in [0, 0.05) is 15.7 Å². The number of methoxy groups -OCH3 is 1. The molecule has 5 nitrogen and oxygen atoms in total. The maximum Gasteiger partial charge on any atom is 0.234 e. The first kappa shape index (κ1) is 21.9. The van der Waals surface area contributed by atoms with Crippen molar-refractivity contribution in [3.8, 4) is 5.75 Å². The Hall–Kier alpha value is -1.83. The van der Waals surface area contributed by atoms with Crippen molar-refractivity contribution >= 4 is 61.6 Å². The van der Waals surface area contributed by atoms with Crippen LogP contribution in [0.1, 0.15) is 25.8 Å². The van der Waals surface area contributed by atoms with E-state index in [1.54, 1.807) is 25.3 Å². The second kappa shape index (κ2) is 9.32. The third-order valence-electron chi connectivity index (χ3n) is 4.46.